The summed E-state index contributed by atoms with van der Waals surface area (Å²) in [5.41, 5.74) is 0.728. The van der Waals surface area contributed by atoms with E-state index in [1.165, 1.54) is 71.0 Å². The van der Waals surface area contributed by atoms with E-state index in [9.17, 15) is 0 Å². The Balaban J connectivity index is 1.80. The highest BCUT2D eigenvalue weighted by Crippen LogP contribution is 2.43. The van der Waals surface area contributed by atoms with Gasteiger partial charge < -0.3 is 4.90 Å². The zero-order valence-corrected chi connectivity index (χ0v) is 12.4. The van der Waals surface area contributed by atoms with E-state index in [1.54, 1.807) is 0 Å². The van der Waals surface area contributed by atoms with Crippen LogP contribution in [0.2, 0.25) is 0 Å². The van der Waals surface area contributed by atoms with Crippen LogP contribution in [0.5, 0.6) is 0 Å². The first-order chi connectivity index (χ1) is 8.28. The minimum Gasteiger partial charge on any atom is -0.302 e. The van der Waals surface area contributed by atoms with E-state index in [2.05, 4.69) is 24.5 Å². The lowest BCUT2D eigenvalue weighted by atomic mass is 9.73. The normalized spacial score (nSPS) is 26.5. The van der Waals surface area contributed by atoms with Crippen LogP contribution in [0.3, 0.4) is 0 Å². The molecule has 1 aliphatic carbocycles. The van der Waals surface area contributed by atoms with E-state index >= 15 is 0 Å². The molecule has 1 unspecified atom stereocenters. The molecular weight excluding hydrogens is 226 g/mol. The van der Waals surface area contributed by atoms with Gasteiger partial charge in [-0.1, -0.05) is 32.6 Å². The first kappa shape index (κ1) is 13.7. The highest BCUT2D eigenvalue weighted by atomic mass is 32.1. The van der Waals surface area contributed by atoms with Crippen molar-refractivity contribution in [1.29, 1.82) is 0 Å². The van der Waals surface area contributed by atoms with Crippen molar-refractivity contribution in [3.05, 3.63) is 0 Å². The second-order valence-electron chi connectivity index (χ2n) is 6.38. The highest BCUT2D eigenvalue weighted by molar-refractivity contribution is 7.80. The summed E-state index contributed by atoms with van der Waals surface area (Å²) in [5, 5.41) is 0. The third-order valence-corrected chi connectivity index (χ3v) is 5.42. The van der Waals surface area contributed by atoms with Crippen LogP contribution >= 0.6 is 12.6 Å². The van der Waals surface area contributed by atoms with Gasteiger partial charge in [-0.15, -0.1) is 0 Å². The second kappa shape index (κ2) is 6.47. The van der Waals surface area contributed by atoms with Crippen LogP contribution in [0.4, 0.5) is 0 Å². The topological polar surface area (TPSA) is 3.24 Å². The van der Waals surface area contributed by atoms with Crippen LogP contribution < -0.4 is 0 Å². The molecule has 1 spiro atoms. The van der Waals surface area contributed by atoms with E-state index in [0.717, 1.165) is 17.1 Å². The molecule has 17 heavy (non-hydrogen) atoms. The summed E-state index contributed by atoms with van der Waals surface area (Å²) in [7, 11) is 0. The molecule has 1 aliphatic heterocycles. The smallest absolute Gasteiger partial charge is 0.00386 e. The molecule has 1 atom stereocenters. The van der Waals surface area contributed by atoms with Crippen LogP contribution in [-0.4, -0.2) is 30.3 Å². The molecule has 0 N–H and O–H groups in total. The van der Waals surface area contributed by atoms with Gasteiger partial charge in [0.15, 0.2) is 0 Å². The molecule has 1 heterocycles. The first-order valence-corrected chi connectivity index (χ1v) is 8.24. The summed E-state index contributed by atoms with van der Waals surface area (Å²) in [6.45, 7) is 6.34. The van der Waals surface area contributed by atoms with Crippen molar-refractivity contribution in [3.63, 3.8) is 0 Å². The van der Waals surface area contributed by atoms with Gasteiger partial charge in [0.2, 0.25) is 0 Å². The van der Waals surface area contributed by atoms with Gasteiger partial charge in [-0.25, -0.2) is 0 Å². The van der Waals surface area contributed by atoms with E-state index in [0.29, 0.717) is 0 Å². The third kappa shape index (κ3) is 3.64. The maximum Gasteiger partial charge on any atom is 0.00386 e. The minimum atomic E-state index is 0.728. The lowest BCUT2D eigenvalue weighted by Crippen LogP contribution is -2.32. The lowest BCUT2D eigenvalue weighted by molar-refractivity contribution is 0.177. The van der Waals surface area contributed by atoms with E-state index in [4.69, 9.17) is 0 Å². The fourth-order valence-electron chi connectivity index (χ4n) is 3.91. The zero-order valence-electron chi connectivity index (χ0n) is 11.5. The van der Waals surface area contributed by atoms with Gasteiger partial charge in [0.1, 0.15) is 0 Å². The summed E-state index contributed by atoms with van der Waals surface area (Å²) in [6, 6.07) is 0. The van der Waals surface area contributed by atoms with Crippen molar-refractivity contribution in [2.45, 2.75) is 58.3 Å². The molecule has 0 amide bonds. The molecule has 0 aromatic rings. The molecule has 2 aliphatic rings. The molecule has 1 saturated carbocycles. The third-order valence-electron chi connectivity index (χ3n) is 4.90. The predicted molar refractivity (Wildman–Crippen MR) is 78.8 cm³/mol. The second-order valence-corrected chi connectivity index (χ2v) is 6.75. The van der Waals surface area contributed by atoms with E-state index < -0.39 is 0 Å². The minimum absolute atomic E-state index is 0.728. The van der Waals surface area contributed by atoms with Gasteiger partial charge in [0, 0.05) is 13.1 Å². The Morgan fingerprint density at radius 2 is 1.94 bits per heavy atom. The van der Waals surface area contributed by atoms with Gasteiger partial charge in [0.25, 0.3) is 0 Å². The van der Waals surface area contributed by atoms with Gasteiger partial charge in [-0.05, 0) is 49.3 Å². The Bertz CT molecular complexity index is 223. The number of hydrogen-bond donors (Lipinski definition) is 1. The number of hydrogen-bond acceptors (Lipinski definition) is 2. The SMILES string of the molecule is CCCC(CS)CN1CCC2(CCCCC2)C1. The zero-order chi connectivity index (χ0) is 12.1. The van der Waals surface area contributed by atoms with Crippen molar-refractivity contribution in [2.75, 3.05) is 25.4 Å². The molecule has 2 fully saturated rings. The Labute approximate surface area is 113 Å². The molecule has 0 radical (unpaired) electrons. The van der Waals surface area contributed by atoms with Crippen LogP contribution in [0.1, 0.15) is 58.3 Å². The van der Waals surface area contributed by atoms with Crippen LogP contribution in [0.15, 0.2) is 0 Å². The number of likely N-dealkylation sites (tertiary alicyclic amines) is 1. The molecule has 0 bridgehead atoms. The summed E-state index contributed by atoms with van der Waals surface area (Å²) in [4.78, 5) is 2.74. The average Bonchev–Trinajstić information content (AvgIpc) is 2.72. The van der Waals surface area contributed by atoms with E-state index in [-0.39, 0.29) is 0 Å². The molecule has 100 valence electrons. The van der Waals surface area contributed by atoms with E-state index in [1.807, 2.05) is 0 Å². The molecule has 0 aromatic carbocycles. The fourth-order valence-corrected chi connectivity index (χ4v) is 4.21. The van der Waals surface area contributed by atoms with Gasteiger partial charge >= 0.3 is 0 Å². The van der Waals surface area contributed by atoms with Gasteiger partial charge in [-0.2, -0.15) is 12.6 Å². The quantitative estimate of drug-likeness (QED) is 0.727. The van der Waals surface area contributed by atoms with Crippen molar-refractivity contribution >= 4 is 12.6 Å². The standard InChI is InChI=1S/C15H29NS/c1-2-6-14(12-17)11-16-10-9-15(13-16)7-4-3-5-8-15/h14,17H,2-13H2,1H3. The first-order valence-electron chi connectivity index (χ1n) is 7.61. The van der Waals surface area contributed by atoms with Crippen molar-refractivity contribution in [3.8, 4) is 0 Å². The summed E-state index contributed by atoms with van der Waals surface area (Å²) in [5.74, 6) is 1.89. The molecular formula is C15H29NS. The summed E-state index contributed by atoms with van der Waals surface area (Å²) in [6.07, 6.45) is 11.6. The Morgan fingerprint density at radius 1 is 1.18 bits per heavy atom. The number of thiol groups is 1. The summed E-state index contributed by atoms with van der Waals surface area (Å²) >= 11 is 4.51. The Hall–Kier alpha value is 0.310. The number of nitrogens with zero attached hydrogens (tertiary/aromatic N) is 1. The van der Waals surface area contributed by atoms with Crippen LogP contribution in [0, 0.1) is 11.3 Å². The largest absolute Gasteiger partial charge is 0.302 e. The lowest BCUT2D eigenvalue weighted by Gasteiger charge is -2.34. The van der Waals surface area contributed by atoms with Crippen LogP contribution in [0.25, 0.3) is 0 Å². The monoisotopic (exact) mass is 255 g/mol. The van der Waals surface area contributed by atoms with Crippen molar-refractivity contribution in [2.24, 2.45) is 11.3 Å². The molecule has 1 nitrogen and oxygen atoms in total. The molecule has 2 rings (SSSR count). The Kier molecular flexibility index (Phi) is 5.23. The maximum atomic E-state index is 4.51. The Morgan fingerprint density at radius 3 is 2.59 bits per heavy atom. The molecule has 0 aromatic heterocycles. The number of rotatable bonds is 5. The van der Waals surface area contributed by atoms with Crippen molar-refractivity contribution in [1.82, 2.24) is 4.90 Å². The molecule has 1 saturated heterocycles. The van der Waals surface area contributed by atoms with Gasteiger partial charge in [-0.3, -0.25) is 0 Å². The average molecular weight is 255 g/mol. The fraction of sp³-hybridized carbons (Fsp3) is 1.00. The summed E-state index contributed by atoms with van der Waals surface area (Å²) < 4.78 is 0. The van der Waals surface area contributed by atoms with Gasteiger partial charge in [0.05, 0.1) is 0 Å². The van der Waals surface area contributed by atoms with Crippen LogP contribution in [-0.2, 0) is 0 Å². The van der Waals surface area contributed by atoms with Crippen molar-refractivity contribution < 1.29 is 0 Å². The predicted octanol–water partition coefficient (Wildman–Crippen LogP) is 3.99. The molecule has 2 heteroatoms. The maximum absolute atomic E-state index is 4.51. The highest BCUT2D eigenvalue weighted by Gasteiger charge is 2.38.